The zero-order chi connectivity index (χ0) is 13.5. The van der Waals surface area contributed by atoms with E-state index < -0.39 is 11.4 Å². The van der Waals surface area contributed by atoms with Crippen LogP contribution in [0.4, 0.5) is 4.39 Å². The number of aliphatic hydroxyl groups is 1. The highest BCUT2D eigenvalue weighted by Gasteiger charge is 2.45. The van der Waals surface area contributed by atoms with Crippen molar-refractivity contribution in [2.75, 3.05) is 13.1 Å². The van der Waals surface area contributed by atoms with Crippen molar-refractivity contribution in [3.8, 4) is 0 Å². The average Bonchev–Trinajstić information content (AvgIpc) is 2.27. The summed E-state index contributed by atoms with van der Waals surface area (Å²) in [5.74, 6) is -0.462. The van der Waals surface area contributed by atoms with Crippen LogP contribution in [-0.2, 0) is 0 Å². The molecule has 1 N–H and O–H groups in total. The second kappa shape index (κ2) is 4.63. The molecule has 1 amide bonds. The summed E-state index contributed by atoms with van der Waals surface area (Å²) < 4.78 is 13.3. The maximum atomic E-state index is 13.1. The molecule has 0 radical (unpaired) electrons. The van der Waals surface area contributed by atoms with Crippen LogP contribution < -0.4 is 0 Å². The molecule has 1 aromatic carbocycles. The van der Waals surface area contributed by atoms with Crippen molar-refractivity contribution >= 4 is 21.8 Å². The number of hydrogen-bond acceptors (Lipinski definition) is 2. The fourth-order valence-electron chi connectivity index (χ4n) is 1.94. The number of rotatable bonds is 2. The lowest BCUT2D eigenvalue weighted by molar-refractivity contribution is -0.110. The van der Waals surface area contributed by atoms with Crippen molar-refractivity contribution in [2.24, 2.45) is 5.92 Å². The van der Waals surface area contributed by atoms with Crippen LogP contribution in [0.25, 0.3) is 0 Å². The Morgan fingerprint density at radius 2 is 2.11 bits per heavy atom. The molecular weight excluding hydrogens is 301 g/mol. The van der Waals surface area contributed by atoms with Crippen LogP contribution >= 0.6 is 15.9 Å². The number of amides is 1. The Labute approximate surface area is 114 Å². The highest BCUT2D eigenvalue weighted by Crippen LogP contribution is 2.30. The SMILES string of the molecule is CC(C)C1(O)CN(C(=O)c2ccc(F)c(Br)c2)C1. The summed E-state index contributed by atoms with van der Waals surface area (Å²) >= 11 is 3.05. The number of carbonyl (C=O) groups excluding carboxylic acids is 1. The molecule has 0 unspecified atom stereocenters. The molecule has 3 nitrogen and oxygen atoms in total. The van der Waals surface area contributed by atoms with Crippen molar-refractivity contribution in [1.82, 2.24) is 4.90 Å². The number of likely N-dealkylation sites (tertiary alicyclic amines) is 1. The van der Waals surface area contributed by atoms with Gasteiger partial charge in [0.15, 0.2) is 0 Å². The monoisotopic (exact) mass is 315 g/mol. The Bertz CT molecular complexity index is 484. The summed E-state index contributed by atoms with van der Waals surface area (Å²) in [6, 6.07) is 4.17. The van der Waals surface area contributed by atoms with Gasteiger partial charge in [-0.05, 0) is 40.0 Å². The minimum Gasteiger partial charge on any atom is -0.386 e. The summed E-state index contributed by atoms with van der Waals surface area (Å²) in [6.45, 7) is 4.52. The normalized spacial score (nSPS) is 17.8. The number of halogens is 2. The third kappa shape index (κ3) is 2.29. The van der Waals surface area contributed by atoms with Gasteiger partial charge < -0.3 is 10.0 Å². The average molecular weight is 316 g/mol. The Kier molecular flexibility index (Phi) is 3.47. The zero-order valence-electron chi connectivity index (χ0n) is 10.3. The highest BCUT2D eigenvalue weighted by atomic mass is 79.9. The molecule has 18 heavy (non-hydrogen) atoms. The Morgan fingerprint density at radius 1 is 1.50 bits per heavy atom. The van der Waals surface area contributed by atoms with E-state index in [4.69, 9.17) is 0 Å². The van der Waals surface area contributed by atoms with E-state index in [1.165, 1.54) is 18.2 Å². The first-order valence-corrected chi connectivity index (χ1v) is 6.59. The van der Waals surface area contributed by atoms with Crippen molar-refractivity contribution in [2.45, 2.75) is 19.4 Å². The first-order chi connectivity index (χ1) is 8.33. The maximum Gasteiger partial charge on any atom is 0.254 e. The number of nitrogens with zero attached hydrogens (tertiary/aromatic N) is 1. The van der Waals surface area contributed by atoms with Crippen molar-refractivity contribution in [3.63, 3.8) is 0 Å². The van der Waals surface area contributed by atoms with E-state index >= 15 is 0 Å². The summed E-state index contributed by atoms with van der Waals surface area (Å²) in [7, 11) is 0. The first kappa shape index (κ1) is 13.5. The molecule has 1 aliphatic heterocycles. The number of hydrogen-bond donors (Lipinski definition) is 1. The van der Waals surface area contributed by atoms with Crippen LogP contribution in [0, 0.1) is 11.7 Å². The Morgan fingerprint density at radius 3 is 2.61 bits per heavy atom. The minimum atomic E-state index is -0.785. The predicted molar refractivity (Wildman–Crippen MR) is 69.8 cm³/mol. The van der Waals surface area contributed by atoms with Gasteiger partial charge in [0.05, 0.1) is 17.6 Å². The largest absolute Gasteiger partial charge is 0.386 e. The van der Waals surface area contributed by atoms with Crippen LogP contribution in [0.5, 0.6) is 0 Å². The highest BCUT2D eigenvalue weighted by molar-refractivity contribution is 9.10. The predicted octanol–water partition coefficient (Wildman–Crippen LogP) is 2.43. The molecule has 0 bridgehead atoms. The molecule has 1 heterocycles. The summed E-state index contributed by atoms with van der Waals surface area (Å²) in [5, 5.41) is 10.1. The van der Waals surface area contributed by atoms with E-state index in [9.17, 15) is 14.3 Å². The second-order valence-electron chi connectivity index (χ2n) is 5.05. The van der Waals surface area contributed by atoms with Gasteiger partial charge in [0.1, 0.15) is 11.4 Å². The first-order valence-electron chi connectivity index (χ1n) is 5.80. The third-order valence-corrected chi connectivity index (χ3v) is 4.07. The van der Waals surface area contributed by atoms with Crippen LogP contribution in [0.2, 0.25) is 0 Å². The second-order valence-corrected chi connectivity index (χ2v) is 5.90. The molecule has 1 fully saturated rings. The molecule has 0 atom stereocenters. The van der Waals surface area contributed by atoms with E-state index in [1.54, 1.807) is 4.90 Å². The molecule has 0 saturated carbocycles. The lowest BCUT2D eigenvalue weighted by Crippen LogP contribution is -2.65. The van der Waals surface area contributed by atoms with Gasteiger partial charge in [0.2, 0.25) is 0 Å². The van der Waals surface area contributed by atoms with Gasteiger partial charge in [0.25, 0.3) is 5.91 Å². The molecular formula is C13H15BrFNO2. The number of β-amino-alcohol motifs (C(OH)–C–C–N with tert-alkyl or cyclic N) is 1. The molecule has 0 aromatic heterocycles. The minimum absolute atomic E-state index is 0.113. The van der Waals surface area contributed by atoms with Crippen molar-refractivity contribution in [1.29, 1.82) is 0 Å². The van der Waals surface area contributed by atoms with Crippen LogP contribution in [-0.4, -0.2) is 34.6 Å². The van der Waals surface area contributed by atoms with Gasteiger partial charge in [-0.2, -0.15) is 0 Å². The molecule has 2 rings (SSSR count). The topological polar surface area (TPSA) is 40.5 Å². The number of benzene rings is 1. The van der Waals surface area contributed by atoms with Crippen molar-refractivity contribution in [3.05, 3.63) is 34.1 Å². The molecule has 5 heteroatoms. The molecule has 1 aliphatic rings. The van der Waals surface area contributed by atoms with Gasteiger partial charge in [-0.1, -0.05) is 13.8 Å². The van der Waals surface area contributed by atoms with Crippen LogP contribution in [0.1, 0.15) is 24.2 Å². The number of carbonyl (C=O) groups is 1. The van der Waals surface area contributed by atoms with E-state index in [0.29, 0.717) is 18.7 Å². The van der Waals surface area contributed by atoms with Crippen LogP contribution in [0.15, 0.2) is 22.7 Å². The quantitative estimate of drug-likeness (QED) is 0.910. The molecule has 0 spiro atoms. The van der Waals surface area contributed by atoms with E-state index in [2.05, 4.69) is 15.9 Å². The van der Waals surface area contributed by atoms with Gasteiger partial charge in [-0.3, -0.25) is 4.79 Å². The fraction of sp³-hybridized carbons (Fsp3) is 0.462. The van der Waals surface area contributed by atoms with Gasteiger partial charge in [-0.15, -0.1) is 0 Å². The summed E-state index contributed by atoms with van der Waals surface area (Å²) in [4.78, 5) is 13.6. The lowest BCUT2D eigenvalue weighted by Gasteiger charge is -2.49. The maximum absolute atomic E-state index is 13.1. The third-order valence-electron chi connectivity index (χ3n) is 3.46. The smallest absolute Gasteiger partial charge is 0.254 e. The molecule has 98 valence electrons. The van der Waals surface area contributed by atoms with E-state index in [1.807, 2.05) is 13.8 Å². The van der Waals surface area contributed by atoms with Gasteiger partial charge in [0, 0.05) is 5.56 Å². The zero-order valence-corrected chi connectivity index (χ0v) is 11.9. The molecule has 1 aromatic rings. The fourth-order valence-corrected chi connectivity index (χ4v) is 2.31. The van der Waals surface area contributed by atoms with Crippen molar-refractivity contribution < 1.29 is 14.3 Å². The van der Waals surface area contributed by atoms with E-state index in [-0.39, 0.29) is 16.3 Å². The standard InChI is InChI=1S/C13H15BrFNO2/c1-8(2)13(18)6-16(7-13)12(17)9-3-4-11(15)10(14)5-9/h3-5,8,18H,6-7H2,1-2H3. The summed E-state index contributed by atoms with van der Waals surface area (Å²) in [6.07, 6.45) is 0. The molecule has 0 aliphatic carbocycles. The van der Waals surface area contributed by atoms with Crippen LogP contribution in [0.3, 0.4) is 0 Å². The lowest BCUT2D eigenvalue weighted by atomic mass is 9.82. The Hall–Kier alpha value is -0.940. The Balaban J connectivity index is 2.08. The van der Waals surface area contributed by atoms with Gasteiger partial charge >= 0.3 is 0 Å². The van der Waals surface area contributed by atoms with E-state index in [0.717, 1.165) is 0 Å². The summed E-state index contributed by atoms with van der Waals surface area (Å²) in [5.41, 5.74) is -0.360. The molecule has 1 saturated heterocycles. The van der Waals surface area contributed by atoms with Gasteiger partial charge in [-0.25, -0.2) is 4.39 Å².